The van der Waals surface area contributed by atoms with Crippen LogP contribution >= 0.6 is 0 Å². The predicted octanol–water partition coefficient (Wildman–Crippen LogP) is 3.32. The van der Waals surface area contributed by atoms with Gasteiger partial charge in [0.25, 0.3) is 0 Å². The summed E-state index contributed by atoms with van der Waals surface area (Å²) in [6.45, 7) is 5.33. The second kappa shape index (κ2) is 9.40. The van der Waals surface area contributed by atoms with Gasteiger partial charge in [0, 0.05) is 5.69 Å². The molecule has 0 aromatic heterocycles. The number of urea groups is 1. The van der Waals surface area contributed by atoms with E-state index in [1.807, 2.05) is 32.0 Å². The zero-order chi connectivity index (χ0) is 20.7. The van der Waals surface area contributed by atoms with Crippen molar-refractivity contribution in [1.82, 2.24) is 5.43 Å². The summed E-state index contributed by atoms with van der Waals surface area (Å²) in [6.07, 6.45) is 0.428. The Kier molecular flexibility index (Phi) is 6.97. The minimum absolute atomic E-state index is 0.301. The third-order valence-corrected chi connectivity index (χ3v) is 3.70. The molecule has 0 saturated heterocycles. The Bertz CT molecular complexity index is 875. The van der Waals surface area contributed by atoms with Crippen molar-refractivity contribution in [3.63, 3.8) is 0 Å². The van der Waals surface area contributed by atoms with Gasteiger partial charge in [-0.2, -0.15) is 5.10 Å². The summed E-state index contributed by atoms with van der Waals surface area (Å²) in [5, 5.41) is 15.5. The van der Waals surface area contributed by atoms with Crippen LogP contribution in [0.2, 0.25) is 0 Å². The topological polar surface area (TPSA) is 109 Å². The number of nitrogens with one attached hydrogen (secondary N) is 2. The molecule has 0 fully saturated rings. The molecule has 0 radical (unpaired) electrons. The normalized spacial score (nSPS) is 11.7. The highest BCUT2D eigenvalue weighted by Crippen LogP contribution is 2.28. The van der Waals surface area contributed by atoms with E-state index < -0.39 is 18.1 Å². The van der Waals surface area contributed by atoms with Gasteiger partial charge < -0.3 is 19.9 Å². The number of carbonyl (C=O) groups excluding carboxylic acids is 1. The number of methoxy groups -OCH3 is 1. The van der Waals surface area contributed by atoms with Crippen LogP contribution in [-0.4, -0.2) is 36.5 Å². The van der Waals surface area contributed by atoms with Gasteiger partial charge in [-0.15, -0.1) is 0 Å². The molecule has 2 aromatic carbocycles. The summed E-state index contributed by atoms with van der Waals surface area (Å²) >= 11 is 0. The van der Waals surface area contributed by atoms with Crippen molar-refractivity contribution in [3.05, 3.63) is 53.1 Å². The van der Waals surface area contributed by atoms with E-state index in [1.165, 1.54) is 20.2 Å². The Morgan fingerprint density at radius 1 is 1.11 bits per heavy atom. The van der Waals surface area contributed by atoms with Crippen LogP contribution in [0.1, 0.15) is 23.6 Å². The van der Waals surface area contributed by atoms with E-state index in [9.17, 15) is 9.59 Å². The molecule has 2 aromatic rings. The lowest BCUT2D eigenvalue weighted by atomic mass is 10.1. The number of ether oxygens (including phenoxy) is 2. The van der Waals surface area contributed by atoms with Crippen LogP contribution in [-0.2, 0) is 4.79 Å². The van der Waals surface area contributed by atoms with E-state index in [-0.39, 0.29) is 0 Å². The Hall–Kier alpha value is -3.55. The predicted molar refractivity (Wildman–Crippen MR) is 106 cm³/mol. The van der Waals surface area contributed by atoms with Crippen molar-refractivity contribution < 1.29 is 24.2 Å². The summed E-state index contributed by atoms with van der Waals surface area (Å²) in [7, 11) is 1.45. The van der Waals surface area contributed by atoms with E-state index >= 15 is 0 Å². The van der Waals surface area contributed by atoms with Crippen LogP contribution in [0.25, 0.3) is 0 Å². The maximum Gasteiger partial charge on any atom is 0.344 e. The van der Waals surface area contributed by atoms with Crippen LogP contribution in [0, 0.1) is 13.8 Å². The van der Waals surface area contributed by atoms with Crippen molar-refractivity contribution in [3.8, 4) is 11.5 Å². The van der Waals surface area contributed by atoms with Crippen molar-refractivity contribution in [2.75, 3.05) is 12.4 Å². The third-order valence-electron chi connectivity index (χ3n) is 3.70. The first-order chi connectivity index (χ1) is 13.3. The lowest BCUT2D eigenvalue weighted by molar-refractivity contribution is -0.144. The smallest absolute Gasteiger partial charge is 0.344 e. The Morgan fingerprint density at radius 3 is 2.39 bits per heavy atom. The van der Waals surface area contributed by atoms with E-state index in [1.54, 1.807) is 18.2 Å². The van der Waals surface area contributed by atoms with Crippen LogP contribution in [0.5, 0.6) is 11.5 Å². The Labute approximate surface area is 163 Å². The number of benzene rings is 2. The second-order valence-corrected chi connectivity index (χ2v) is 6.21. The highest BCUT2D eigenvalue weighted by atomic mass is 16.5. The number of hydrogen-bond acceptors (Lipinski definition) is 5. The van der Waals surface area contributed by atoms with Gasteiger partial charge in [-0.3, -0.25) is 0 Å². The lowest BCUT2D eigenvalue weighted by Gasteiger charge is -2.14. The van der Waals surface area contributed by atoms with Gasteiger partial charge in [0.2, 0.25) is 0 Å². The molecule has 0 heterocycles. The molecule has 0 spiro atoms. The number of hydrogen-bond donors (Lipinski definition) is 3. The first-order valence-electron chi connectivity index (χ1n) is 8.54. The molecule has 3 N–H and O–H groups in total. The summed E-state index contributed by atoms with van der Waals surface area (Å²) in [5.41, 5.74) is 5.80. The molecule has 0 aliphatic rings. The van der Waals surface area contributed by atoms with Crippen LogP contribution in [0.4, 0.5) is 10.5 Å². The molecule has 8 heteroatoms. The first-order valence-corrected chi connectivity index (χ1v) is 8.54. The molecular weight excluding hydrogens is 362 g/mol. The number of hydrazone groups is 1. The van der Waals surface area contributed by atoms with Crippen molar-refractivity contribution >= 4 is 23.9 Å². The molecule has 0 aliphatic carbocycles. The van der Waals surface area contributed by atoms with Gasteiger partial charge in [0.1, 0.15) is 0 Å². The number of carbonyl (C=O) groups is 2. The first kappa shape index (κ1) is 20.8. The van der Waals surface area contributed by atoms with Crippen molar-refractivity contribution in [1.29, 1.82) is 0 Å². The molecule has 8 nitrogen and oxygen atoms in total. The van der Waals surface area contributed by atoms with Crippen molar-refractivity contribution in [2.24, 2.45) is 5.10 Å². The highest BCUT2D eigenvalue weighted by molar-refractivity contribution is 5.90. The van der Waals surface area contributed by atoms with E-state index in [2.05, 4.69) is 15.8 Å². The second-order valence-electron chi connectivity index (χ2n) is 6.21. The molecule has 0 saturated carbocycles. The number of carboxylic acid groups (broad SMARTS) is 1. The standard InChI is InChI=1S/C20H23N3O5/c1-12-7-13(2)9-16(8-12)22-20(26)23-21-11-15-5-6-17(18(10-15)27-4)28-14(3)19(24)25/h5-11,14H,1-4H3,(H,24,25)(H2,22,23,26)/b21-11+/t14-/m1/s1. The highest BCUT2D eigenvalue weighted by Gasteiger charge is 2.15. The van der Waals surface area contributed by atoms with Crippen molar-refractivity contribution in [2.45, 2.75) is 26.9 Å². The average molecular weight is 385 g/mol. The zero-order valence-electron chi connectivity index (χ0n) is 16.1. The fourth-order valence-corrected chi connectivity index (χ4v) is 2.47. The third kappa shape index (κ3) is 6.01. The van der Waals surface area contributed by atoms with Gasteiger partial charge in [-0.05, 0) is 67.8 Å². The maximum atomic E-state index is 12.0. The Morgan fingerprint density at radius 2 is 1.79 bits per heavy atom. The van der Waals surface area contributed by atoms with Crippen LogP contribution in [0.3, 0.4) is 0 Å². The number of aliphatic carboxylic acids is 1. The van der Waals surface area contributed by atoms with Gasteiger partial charge in [-0.1, -0.05) is 6.07 Å². The van der Waals surface area contributed by atoms with Crippen LogP contribution in [0.15, 0.2) is 41.5 Å². The molecule has 148 valence electrons. The fourth-order valence-electron chi connectivity index (χ4n) is 2.47. The maximum absolute atomic E-state index is 12.0. The minimum Gasteiger partial charge on any atom is -0.493 e. The van der Waals surface area contributed by atoms with Gasteiger partial charge in [-0.25, -0.2) is 15.0 Å². The number of rotatable bonds is 7. The quantitative estimate of drug-likeness (QED) is 0.500. The minimum atomic E-state index is -1.08. The molecule has 0 unspecified atom stereocenters. The zero-order valence-corrected chi connectivity index (χ0v) is 16.1. The molecule has 0 bridgehead atoms. The van der Waals surface area contributed by atoms with Gasteiger partial charge >= 0.3 is 12.0 Å². The van der Waals surface area contributed by atoms with E-state index in [0.717, 1.165) is 11.1 Å². The summed E-state index contributed by atoms with van der Waals surface area (Å²) in [6, 6.07) is 10.1. The number of nitrogens with zero attached hydrogens (tertiary/aromatic N) is 1. The average Bonchev–Trinajstić information content (AvgIpc) is 2.61. The number of anilines is 1. The lowest BCUT2D eigenvalue weighted by Crippen LogP contribution is -2.24. The fraction of sp³-hybridized carbons (Fsp3) is 0.250. The SMILES string of the molecule is COc1cc(/C=N/NC(=O)Nc2cc(C)cc(C)c2)ccc1O[C@H](C)C(=O)O. The van der Waals surface area contributed by atoms with Gasteiger partial charge in [0.15, 0.2) is 17.6 Å². The number of carboxylic acids is 1. The summed E-state index contributed by atoms with van der Waals surface area (Å²) in [4.78, 5) is 22.9. The Balaban J connectivity index is 1.99. The molecule has 2 rings (SSSR count). The summed E-state index contributed by atoms with van der Waals surface area (Å²) in [5.74, 6) is -0.418. The number of aryl methyl sites for hydroxylation is 2. The van der Waals surface area contributed by atoms with E-state index in [4.69, 9.17) is 14.6 Å². The van der Waals surface area contributed by atoms with Gasteiger partial charge in [0.05, 0.1) is 13.3 Å². The van der Waals surface area contributed by atoms with E-state index in [0.29, 0.717) is 22.7 Å². The number of amides is 2. The monoisotopic (exact) mass is 385 g/mol. The molecule has 28 heavy (non-hydrogen) atoms. The molecule has 1 atom stereocenters. The molecule has 2 amide bonds. The molecule has 0 aliphatic heterocycles. The molecular formula is C20H23N3O5. The largest absolute Gasteiger partial charge is 0.493 e. The van der Waals surface area contributed by atoms with Crippen LogP contribution < -0.4 is 20.2 Å². The summed E-state index contributed by atoms with van der Waals surface area (Å²) < 4.78 is 10.5.